The van der Waals surface area contributed by atoms with Crippen LogP contribution in [0.5, 0.6) is 0 Å². The van der Waals surface area contributed by atoms with Gasteiger partial charge in [-0.2, -0.15) is 0 Å². The number of aryl methyl sites for hydroxylation is 3. The zero-order chi connectivity index (χ0) is 17.4. The lowest BCUT2D eigenvalue weighted by atomic mass is 9.85. The van der Waals surface area contributed by atoms with E-state index in [1.807, 2.05) is 12.1 Å². The number of aromatic nitrogens is 2. The van der Waals surface area contributed by atoms with Crippen LogP contribution in [0.3, 0.4) is 0 Å². The monoisotopic (exact) mass is 386 g/mol. The molecule has 2 atom stereocenters. The van der Waals surface area contributed by atoms with Crippen molar-refractivity contribution in [3.63, 3.8) is 0 Å². The first-order valence-corrected chi connectivity index (χ1v) is 8.95. The minimum absolute atomic E-state index is 0.0735. The van der Waals surface area contributed by atoms with Crippen LogP contribution in [-0.4, -0.2) is 15.1 Å². The zero-order valence-corrected chi connectivity index (χ0v) is 16.0. The molecule has 0 amide bonds. The average molecular weight is 387 g/mol. The van der Waals surface area contributed by atoms with Crippen LogP contribution in [0.4, 0.5) is 0 Å². The van der Waals surface area contributed by atoms with Crippen molar-refractivity contribution in [3.05, 3.63) is 80.3 Å². The minimum Gasteiger partial charge on any atom is -0.387 e. The van der Waals surface area contributed by atoms with Crippen molar-refractivity contribution < 1.29 is 5.11 Å². The predicted molar refractivity (Wildman–Crippen MR) is 102 cm³/mol. The third-order valence-electron chi connectivity index (χ3n) is 4.50. The summed E-state index contributed by atoms with van der Waals surface area (Å²) in [4.78, 5) is 6.82. The van der Waals surface area contributed by atoms with Crippen LogP contribution in [0.25, 0.3) is 0 Å². The zero-order valence-electron chi connectivity index (χ0n) is 14.4. The number of benzene rings is 1. The summed E-state index contributed by atoms with van der Waals surface area (Å²) in [6.45, 7) is 8.24. The van der Waals surface area contributed by atoms with E-state index < -0.39 is 6.10 Å². The molecule has 3 aromatic rings. The molecule has 0 fully saturated rings. The third-order valence-corrected chi connectivity index (χ3v) is 4.97. The molecule has 1 aromatic carbocycles. The maximum absolute atomic E-state index is 9.86. The Hall–Kier alpha value is -1.78. The van der Waals surface area contributed by atoms with Crippen molar-refractivity contribution >= 4 is 15.9 Å². The van der Waals surface area contributed by atoms with Crippen LogP contribution in [-0.2, 0) is 0 Å². The first kappa shape index (κ1) is 17.1. The van der Waals surface area contributed by atoms with Crippen molar-refractivity contribution in [1.82, 2.24) is 9.97 Å². The van der Waals surface area contributed by atoms with Crippen LogP contribution in [0.2, 0.25) is 0 Å². The van der Waals surface area contributed by atoms with Crippen molar-refractivity contribution in [2.24, 2.45) is 0 Å². The molecular formula is C20H23BrN2O. The second-order valence-corrected chi connectivity index (χ2v) is 7.41. The van der Waals surface area contributed by atoms with Gasteiger partial charge in [0.25, 0.3) is 0 Å². The van der Waals surface area contributed by atoms with E-state index in [0.29, 0.717) is 0 Å². The summed E-state index contributed by atoms with van der Waals surface area (Å²) < 4.78 is 0.965. The molecule has 3 nitrogen and oxygen atoms in total. The lowest BCUT2D eigenvalue weighted by molar-refractivity contribution is 0.195. The largest absolute Gasteiger partial charge is 0.387 e. The van der Waals surface area contributed by atoms with Gasteiger partial charge < -0.3 is 15.1 Å². The van der Waals surface area contributed by atoms with Gasteiger partial charge in [-0.05, 0) is 84.6 Å². The summed E-state index contributed by atoms with van der Waals surface area (Å²) in [6, 6.07) is 12.6. The van der Waals surface area contributed by atoms with Gasteiger partial charge in [0.05, 0.1) is 16.6 Å². The Balaban J connectivity index is 2.19. The molecule has 0 aliphatic rings. The van der Waals surface area contributed by atoms with Gasteiger partial charge in [0.15, 0.2) is 0 Å². The second kappa shape index (κ2) is 6.61. The summed E-state index contributed by atoms with van der Waals surface area (Å²) >= 11 is 3.52. The second-order valence-electron chi connectivity index (χ2n) is 6.55. The van der Waals surface area contributed by atoms with Crippen LogP contribution in [0.1, 0.15) is 58.3 Å². The van der Waals surface area contributed by atoms with Gasteiger partial charge in [0.2, 0.25) is 0 Å². The van der Waals surface area contributed by atoms with Crippen LogP contribution >= 0.6 is 15.9 Å². The fraction of sp³-hybridized carbons (Fsp3) is 0.300. The maximum Gasteiger partial charge on any atom is 0.0909 e. The SMILES string of the molecule is Cc1cc(C)c(C(c2ccc(Br)[nH]2)c2ccc(C(C)O)[nH]2)c(C)c1. The number of H-pyrrole nitrogens is 2. The molecule has 2 unspecified atom stereocenters. The number of aliphatic hydroxyl groups is 1. The predicted octanol–water partition coefficient (Wildman–Crippen LogP) is 5.26. The molecule has 0 radical (unpaired) electrons. The lowest BCUT2D eigenvalue weighted by Crippen LogP contribution is -2.09. The smallest absolute Gasteiger partial charge is 0.0909 e. The fourth-order valence-corrected chi connectivity index (χ4v) is 3.88. The number of hydrogen-bond acceptors (Lipinski definition) is 1. The molecule has 24 heavy (non-hydrogen) atoms. The third kappa shape index (κ3) is 3.21. The Labute approximate surface area is 151 Å². The van der Waals surface area contributed by atoms with Gasteiger partial charge in [-0.1, -0.05) is 17.7 Å². The van der Waals surface area contributed by atoms with Crippen LogP contribution < -0.4 is 0 Å². The molecule has 2 heterocycles. The Morgan fingerprint density at radius 1 is 0.875 bits per heavy atom. The highest BCUT2D eigenvalue weighted by molar-refractivity contribution is 9.10. The highest BCUT2D eigenvalue weighted by Gasteiger charge is 2.24. The van der Waals surface area contributed by atoms with E-state index in [-0.39, 0.29) is 5.92 Å². The highest BCUT2D eigenvalue weighted by atomic mass is 79.9. The number of aliphatic hydroxyl groups excluding tert-OH is 1. The molecule has 126 valence electrons. The molecule has 0 bridgehead atoms. The molecule has 0 saturated heterocycles. The number of hydrogen-bond donors (Lipinski definition) is 3. The lowest BCUT2D eigenvalue weighted by Gasteiger charge is -2.21. The van der Waals surface area contributed by atoms with Crippen molar-refractivity contribution in [1.29, 1.82) is 0 Å². The maximum atomic E-state index is 9.86. The highest BCUT2D eigenvalue weighted by Crippen LogP contribution is 2.36. The van der Waals surface area contributed by atoms with Gasteiger partial charge >= 0.3 is 0 Å². The van der Waals surface area contributed by atoms with E-state index >= 15 is 0 Å². The summed E-state index contributed by atoms with van der Waals surface area (Å²) in [5.41, 5.74) is 8.16. The first-order valence-electron chi connectivity index (χ1n) is 8.16. The molecule has 3 rings (SSSR count). The standard InChI is InChI=1S/C20H23BrN2O/c1-11-9-12(2)19(13(3)10-11)20(17-7-8-18(21)23-17)16-6-5-15(22-16)14(4)24/h5-10,14,20,22-24H,1-4H3. The van der Waals surface area contributed by atoms with Gasteiger partial charge in [0.1, 0.15) is 0 Å². The molecule has 0 aliphatic heterocycles. The Morgan fingerprint density at radius 3 is 1.92 bits per heavy atom. The summed E-state index contributed by atoms with van der Waals surface area (Å²) in [6.07, 6.45) is -0.505. The van der Waals surface area contributed by atoms with E-state index in [2.05, 4.69) is 70.9 Å². The van der Waals surface area contributed by atoms with Gasteiger partial charge in [-0.3, -0.25) is 0 Å². The van der Waals surface area contributed by atoms with Crippen LogP contribution in [0, 0.1) is 20.8 Å². The molecule has 3 N–H and O–H groups in total. The van der Waals surface area contributed by atoms with E-state index in [1.54, 1.807) is 6.92 Å². The summed E-state index contributed by atoms with van der Waals surface area (Å²) in [5.74, 6) is 0.0735. The summed E-state index contributed by atoms with van der Waals surface area (Å²) in [5, 5.41) is 9.86. The molecule has 2 aromatic heterocycles. The average Bonchev–Trinajstić information content (AvgIpc) is 3.11. The molecule has 0 saturated carbocycles. The Morgan fingerprint density at radius 2 is 1.42 bits per heavy atom. The Bertz CT molecular complexity index is 837. The van der Waals surface area contributed by atoms with Crippen molar-refractivity contribution in [3.8, 4) is 0 Å². The van der Waals surface area contributed by atoms with Crippen molar-refractivity contribution in [2.75, 3.05) is 0 Å². The van der Waals surface area contributed by atoms with Gasteiger partial charge in [-0.15, -0.1) is 0 Å². The fourth-order valence-electron chi connectivity index (χ4n) is 3.52. The normalized spacial score (nSPS) is 13.9. The molecule has 0 aliphatic carbocycles. The van der Waals surface area contributed by atoms with Gasteiger partial charge in [0, 0.05) is 17.1 Å². The first-order chi connectivity index (χ1) is 11.4. The van der Waals surface area contributed by atoms with E-state index in [4.69, 9.17) is 0 Å². The van der Waals surface area contributed by atoms with E-state index in [1.165, 1.54) is 22.3 Å². The molecular weight excluding hydrogens is 364 g/mol. The topological polar surface area (TPSA) is 51.8 Å². The van der Waals surface area contributed by atoms with E-state index in [9.17, 15) is 5.11 Å². The number of aromatic amines is 2. The molecule has 0 spiro atoms. The number of rotatable bonds is 4. The van der Waals surface area contributed by atoms with E-state index in [0.717, 1.165) is 21.7 Å². The summed E-state index contributed by atoms with van der Waals surface area (Å²) in [7, 11) is 0. The molecule has 4 heteroatoms. The minimum atomic E-state index is -0.505. The number of halogens is 1. The van der Waals surface area contributed by atoms with Crippen LogP contribution in [0.15, 0.2) is 41.0 Å². The Kier molecular flexibility index (Phi) is 4.70. The quantitative estimate of drug-likeness (QED) is 0.562. The van der Waals surface area contributed by atoms with Gasteiger partial charge in [-0.25, -0.2) is 0 Å². The van der Waals surface area contributed by atoms with Crippen molar-refractivity contribution in [2.45, 2.75) is 39.7 Å². The number of nitrogens with one attached hydrogen (secondary N) is 2.